The molecule has 1 aliphatic rings. The van der Waals surface area contributed by atoms with Gasteiger partial charge in [-0.05, 0) is 18.1 Å². The highest BCUT2D eigenvalue weighted by Gasteiger charge is 2.12. The summed E-state index contributed by atoms with van der Waals surface area (Å²) in [5, 5.41) is 0. The van der Waals surface area contributed by atoms with Crippen molar-refractivity contribution in [2.75, 3.05) is 5.75 Å². The quantitative estimate of drug-likeness (QED) is 0.543. The van der Waals surface area contributed by atoms with Crippen LogP contribution >= 0.6 is 11.8 Å². The minimum absolute atomic E-state index is 1.10. The van der Waals surface area contributed by atoms with Crippen LogP contribution in [0.1, 0.15) is 12.0 Å². The Morgan fingerprint density at radius 2 is 2.17 bits per heavy atom. The van der Waals surface area contributed by atoms with Crippen molar-refractivity contribution in [3.05, 3.63) is 42.1 Å². The molecule has 0 fully saturated rings. The van der Waals surface area contributed by atoms with Gasteiger partial charge in [0.25, 0.3) is 0 Å². The van der Waals surface area contributed by atoms with E-state index in [1.54, 1.807) is 0 Å². The van der Waals surface area contributed by atoms with Crippen LogP contribution in [0.3, 0.4) is 0 Å². The first kappa shape index (κ1) is 7.72. The first-order chi connectivity index (χ1) is 5.92. The molecule has 0 aliphatic carbocycles. The smallest absolute Gasteiger partial charge is 0.0154 e. The van der Waals surface area contributed by atoms with Gasteiger partial charge in [-0.3, -0.25) is 0 Å². The van der Waals surface area contributed by atoms with Gasteiger partial charge in [-0.2, -0.15) is 0 Å². The average molecular weight is 174 g/mol. The van der Waals surface area contributed by atoms with Gasteiger partial charge in [0.05, 0.1) is 0 Å². The molecule has 2 rings (SSSR count). The fourth-order valence-corrected chi connectivity index (χ4v) is 2.47. The molecule has 1 aromatic rings. The standard InChI is InChI=1S/C11H10S/c1-2-9-7-8-12-11-6-4-3-5-10(9)11/h3-6H,1,7-8H2. The second-order valence-electron chi connectivity index (χ2n) is 2.75. The number of rotatable bonds is 0. The normalized spacial score (nSPS) is 15.2. The molecule has 0 saturated carbocycles. The van der Waals surface area contributed by atoms with Gasteiger partial charge in [-0.25, -0.2) is 0 Å². The summed E-state index contributed by atoms with van der Waals surface area (Å²) in [6, 6.07) is 8.46. The van der Waals surface area contributed by atoms with E-state index in [0.29, 0.717) is 0 Å². The van der Waals surface area contributed by atoms with E-state index in [1.807, 2.05) is 11.8 Å². The van der Waals surface area contributed by atoms with Gasteiger partial charge in [-0.15, -0.1) is 17.5 Å². The van der Waals surface area contributed by atoms with Crippen LogP contribution in [0.4, 0.5) is 0 Å². The van der Waals surface area contributed by atoms with E-state index in [2.05, 4.69) is 36.6 Å². The lowest BCUT2D eigenvalue weighted by Crippen LogP contribution is -1.95. The van der Waals surface area contributed by atoms with Gasteiger partial charge >= 0.3 is 0 Å². The molecule has 0 radical (unpaired) electrons. The molecule has 0 nitrogen and oxygen atoms in total. The van der Waals surface area contributed by atoms with Crippen LogP contribution in [0.5, 0.6) is 0 Å². The van der Waals surface area contributed by atoms with Gasteiger partial charge in [0.1, 0.15) is 0 Å². The molecule has 60 valence electrons. The van der Waals surface area contributed by atoms with Gasteiger partial charge in [-0.1, -0.05) is 24.8 Å². The molecule has 0 N–H and O–H groups in total. The van der Waals surface area contributed by atoms with Crippen LogP contribution in [0.15, 0.2) is 41.5 Å². The third-order valence-electron chi connectivity index (χ3n) is 2.04. The van der Waals surface area contributed by atoms with Crippen molar-refractivity contribution in [2.45, 2.75) is 11.3 Å². The van der Waals surface area contributed by atoms with Crippen LogP contribution < -0.4 is 0 Å². The maximum Gasteiger partial charge on any atom is 0.0154 e. The Hall–Kier alpha value is -0.910. The first-order valence-electron chi connectivity index (χ1n) is 4.03. The number of thioether (sulfide) groups is 1. The van der Waals surface area contributed by atoms with Crippen LogP contribution in [0.2, 0.25) is 0 Å². The third kappa shape index (κ3) is 1.22. The number of hydrogen-bond acceptors (Lipinski definition) is 1. The Morgan fingerprint density at radius 3 is 3.00 bits per heavy atom. The summed E-state index contributed by atoms with van der Waals surface area (Å²) in [7, 11) is 0. The number of benzene rings is 1. The highest BCUT2D eigenvalue weighted by molar-refractivity contribution is 7.99. The lowest BCUT2D eigenvalue weighted by Gasteiger charge is -2.15. The Morgan fingerprint density at radius 1 is 1.33 bits per heavy atom. The summed E-state index contributed by atoms with van der Waals surface area (Å²) in [6.07, 6.45) is 1.10. The molecule has 1 aliphatic heterocycles. The molecule has 0 spiro atoms. The minimum Gasteiger partial charge on any atom is -0.125 e. The Balaban J connectivity index is 2.58. The van der Waals surface area contributed by atoms with E-state index >= 15 is 0 Å². The lowest BCUT2D eigenvalue weighted by atomic mass is 10.0. The topological polar surface area (TPSA) is 0 Å². The van der Waals surface area contributed by atoms with Crippen molar-refractivity contribution in [1.82, 2.24) is 0 Å². The van der Waals surface area contributed by atoms with Crippen LogP contribution in [-0.4, -0.2) is 5.75 Å². The number of fused-ring (bicyclic) bond motifs is 1. The molecule has 0 unspecified atom stereocenters. The number of hydrogen-bond donors (Lipinski definition) is 0. The maximum absolute atomic E-state index is 3.71. The van der Waals surface area contributed by atoms with E-state index in [-0.39, 0.29) is 0 Å². The van der Waals surface area contributed by atoms with Crippen molar-refractivity contribution in [1.29, 1.82) is 0 Å². The van der Waals surface area contributed by atoms with Crippen molar-refractivity contribution in [3.63, 3.8) is 0 Å². The van der Waals surface area contributed by atoms with Crippen molar-refractivity contribution >= 4 is 17.3 Å². The molecular formula is C11H10S. The third-order valence-corrected chi connectivity index (χ3v) is 3.11. The Labute approximate surface area is 77.0 Å². The highest BCUT2D eigenvalue weighted by Crippen LogP contribution is 2.35. The summed E-state index contributed by atoms with van der Waals surface area (Å²) in [4.78, 5) is 1.37. The SMILES string of the molecule is C=C=C1CCSc2ccccc21. The van der Waals surface area contributed by atoms with E-state index in [1.165, 1.54) is 16.0 Å². The monoisotopic (exact) mass is 174 g/mol. The van der Waals surface area contributed by atoms with E-state index in [9.17, 15) is 0 Å². The predicted molar refractivity (Wildman–Crippen MR) is 54.3 cm³/mol. The van der Waals surface area contributed by atoms with Gasteiger partial charge in [0.2, 0.25) is 0 Å². The van der Waals surface area contributed by atoms with Crippen LogP contribution in [-0.2, 0) is 0 Å². The second kappa shape index (κ2) is 3.22. The van der Waals surface area contributed by atoms with Crippen molar-refractivity contribution in [2.24, 2.45) is 0 Å². The zero-order chi connectivity index (χ0) is 8.39. The molecule has 1 heterocycles. The number of allylic oxidation sites excluding steroid dienone is 1. The summed E-state index contributed by atoms with van der Waals surface area (Å²) in [5.74, 6) is 1.16. The largest absolute Gasteiger partial charge is 0.125 e. The molecule has 12 heavy (non-hydrogen) atoms. The molecule has 1 aromatic carbocycles. The van der Waals surface area contributed by atoms with E-state index in [4.69, 9.17) is 0 Å². The maximum atomic E-state index is 3.71. The Kier molecular flexibility index (Phi) is 2.07. The van der Waals surface area contributed by atoms with Crippen molar-refractivity contribution < 1.29 is 0 Å². The molecule has 0 bridgehead atoms. The summed E-state index contributed by atoms with van der Waals surface area (Å²) in [5.41, 5.74) is 5.60. The minimum atomic E-state index is 1.10. The molecule has 0 aromatic heterocycles. The van der Waals surface area contributed by atoms with Gasteiger partial charge < -0.3 is 0 Å². The van der Waals surface area contributed by atoms with Crippen LogP contribution in [0, 0.1) is 0 Å². The molecule has 0 saturated heterocycles. The molecule has 0 atom stereocenters. The zero-order valence-corrected chi connectivity index (χ0v) is 7.66. The average Bonchev–Trinajstić information content (AvgIpc) is 2.17. The predicted octanol–water partition coefficient (Wildman–Crippen LogP) is 3.35. The van der Waals surface area contributed by atoms with E-state index in [0.717, 1.165) is 12.2 Å². The van der Waals surface area contributed by atoms with Gasteiger partial charge in [0, 0.05) is 16.2 Å². The van der Waals surface area contributed by atoms with E-state index < -0.39 is 0 Å². The van der Waals surface area contributed by atoms with Crippen LogP contribution in [0.25, 0.3) is 5.57 Å². The Bertz CT molecular complexity index is 346. The fraction of sp³-hybridized carbons (Fsp3) is 0.182. The van der Waals surface area contributed by atoms with Gasteiger partial charge in [0.15, 0.2) is 0 Å². The summed E-state index contributed by atoms with van der Waals surface area (Å²) >= 11 is 1.92. The first-order valence-corrected chi connectivity index (χ1v) is 5.01. The molecule has 0 amide bonds. The van der Waals surface area contributed by atoms with Crippen molar-refractivity contribution in [3.8, 4) is 0 Å². The molecular weight excluding hydrogens is 164 g/mol. The molecule has 1 heteroatoms. The lowest BCUT2D eigenvalue weighted by molar-refractivity contribution is 1.19. The summed E-state index contributed by atoms with van der Waals surface area (Å²) < 4.78 is 0. The highest BCUT2D eigenvalue weighted by atomic mass is 32.2. The zero-order valence-electron chi connectivity index (χ0n) is 6.84. The second-order valence-corrected chi connectivity index (χ2v) is 3.89. The fourth-order valence-electron chi connectivity index (χ4n) is 1.42. The summed E-state index contributed by atoms with van der Waals surface area (Å²) in [6.45, 7) is 3.71.